The minimum Gasteiger partial charge on any atom is -0.507 e. The van der Waals surface area contributed by atoms with Crippen LogP contribution in [0.4, 0.5) is 0 Å². The van der Waals surface area contributed by atoms with Crippen molar-refractivity contribution < 1.29 is 5.11 Å². The van der Waals surface area contributed by atoms with Crippen molar-refractivity contribution in [1.82, 2.24) is 0 Å². The summed E-state index contributed by atoms with van der Waals surface area (Å²) in [4.78, 5) is 1.46. The van der Waals surface area contributed by atoms with E-state index in [1.807, 2.05) is 11.3 Å². The van der Waals surface area contributed by atoms with Crippen LogP contribution in [0.2, 0.25) is 0 Å². The number of rotatable bonds is 7. The van der Waals surface area contributed by atoms with Gasteiger partial charge in [-0.1, -0.05) is 80.6 Å². The molecule has 0 saturated carbocycles. The molecular weight excluding hydrogens is 336 g/mol. The van der Waals surface area contributed by atoms with E-state index in [0.717, 1.165) is 11.1 Å². The SMILES string of the molecule is CCCCCCCCc1cc2c(C(C)(C)C)c(O)c(C(C)(C)C)cc2s1. The predicted octanol–water partition coefficient (Wildman–Crippen LogP) is 8.10. The maximum absolute atomic E-state index is 11.1. The lowest BCUT2D eigenvalue weighted by Gasteiger charge is -2.28. The highest BCUT2D eigenvalue weighted by Gasteiger charge is 2.28. The zero-order valence-corrected chi connectivity index (χ0v) is 18.8. The third kappa shape index (κ3) is 5.03. The molecule has 0 bridgehead atoms. The summed E-state index contributed by atoms with van der Waals surface area (Å²) in [5.74, 6) is 0.501. The Morgan fingerprint density at radius 3 is 2.04 bits per heavy atom. The minimum absolute atomic E-state index is 0.0539. The average Bonchev–Trinajstić information content (AvgIpc) is 2.89. The molecule has 1 nitrogen and oxygen atoms in total. The average molecular weight is 375 g/mol. The van der Waals surface area contributed by atoms with Crippen LogP contribution in [0.25, 0.3) is 10.1 Å². The van der Waals surface area contributed by atoms with Gasteiger partial charge < -0.3 is 5.11 Å². The highest BCUT2D eigenvalue weighted by Crippen LogP contribution is 2.45. The van der Waals surface area contributed by atoms with Crippen molar-refractivity contribution in [2.45, 2.75) is 104 Å². The molecule has 0 spiro atoms. The van der Waals surface area contributed by atoms with Crippen LogP contribution in [0.1, 0.15) is 103 Å². The molecule has 2 aromatic rings. The van der Waals surface area contributed by atoms with Crippen molar-refractivity contribution in [3.05, 3.63) is 28.1 Å². The Morgan fingerprint density at radius 2 is 1.46 bits per heavy atom. The maximum atomic E-state index is 11.1. The van der Waals surface area contributed by atoms with Gasteiger partial charge in [0.15, 0.2) is 0 Å². The summed E-state index contributed by atoms with van der Waals surface area (Å²) in [5, 5.41) is 12.3. The van der Waals surface area contributed by atoms with Gasteiger partial charge in [-0.3, -0.25) is 0 Å². The fourth-order valence-corrected chi connectivity index (χ4v) is 4.91. The number of thiophene rings is 1. The van der Waals surface area contributed by atoms with Crippen LogP contribution < -0.4 is 0 Å². The van der Waals surface area contributed by atoms with E-state index in [0.29, 0.717) is 5.75 Å². The monoisotopic (exact) mass is 374 g/mol. The van der Waals surface area contributed by atoms with Gasteiger partial charge in [0.2, 0.25) is 0 Å². The number of aryl methyl sites for hydroxylation is 1. The summed E-state index contributed by atoms with van der Waals surface area (Å²) in [5.41, 5.74) is 2.07. The topological polar surface area (TPSA) is 20.2 Å². The molecule has 2 rings (SSSR count). The molecule has 0 amide bonds. The first-order valence-corrected chi connectivity index (χ1v) is 11.2. The number of fused-ring (bicyclic) bond motifs is 1. The minimum atomic E-state index is -0.0674. The molecule has 0 fully saturated rings. The normalized spacial score (nSPS) is 12.9. The summed E-state index contributed by atoms with van der Waals surface area (Å²) >= 11 is 1.92. The van der Waals surface area contributed by atoms with Crippen LogP contribution in [-0.4, -0.2) is 5.11 Å². The number of phenolic OH excluding ortho intramolecular Hbond substituents is 1. The fourth-order valence-electron chi connectivity index (χ4n) is 3.76. The first-order chi connectivity index (χ1) is 12.1. The van der Waals surface area contributed by atoms with Gasteiger partial charge in [0, 0.05) is 26.1 Å². The molecule has 1 aromatic heterocycles. The second-order valence-electron chi connectivity index (χ2n) is 9.79. The largest absolute Gasteiger partial charge is 0.507 e. The van der Waals surface area contributed by atoms with Gasteiger partial charge in [0.05, 0.1) is 0 Å². The lowest BCUT2D eigenvalue weighted by molar-refractivity contribution is 0.426. The van der Waals surface area contributed by atoms with Crippen LogP contribution in [0, 0.1) is 0 Å². The molecule has 0 atom stereocenters. The first-order valence-electron chi connectivity index (χ1n) is 10.3. The van der Waals surface area contributed by atoms with Crippen molar-refractivity contribution in [2.75, 3.05) is 0 Å². The molecule has 146 valence electrons. The number of hydrogen-bond donors (Lipinski definition) is 1. The lowest BCUT2D eigenvalue weighted by Crippen LogP contribution is -2.17. The number of hydrogen-bond acceptors (Lipinski definition) is 2. The van der Waals surface area contributed by atoms with E-state index >= 15 is 0 Å². The van der Waals surface area contributed by atoms with Gasteiger partial charge in [-0.25, -0.2) is 0 Å². The first kappa shape index (κ1) is 21.3. The van der Waals surface area contributed by atoms with Crippen molar-refractivity contribution in [3.8, 4) is 5.75 Å². The van der Waals surface area contributed by atoms with Crippen LogP contribution in [0.15, 0.2) is 12.1 Å². The molecule has 0 aliphatic rings. The molecule has 0 unspecified atom stereocenters. The third-order valence-electron chi connectivity index (χ3n) is 5.18. The van der Waals surface area contributed by atoms with Crippen molar-refractivity contribution >= 4 is 21.4 Å². The number of aromatic hydroxyl groups is 1. The highest BCUT2D eigenvalue weighted by molar-refractivity contribution is 7.19. The number of phenols is 1. The standard InChI is InChI=1S/C24H38OS/c1-8-9-10-11-12-13-14-17-15-18-20(26-17)16-19(23(2,3)4)22(25)21(18)24(5,6)7/h15-16,25H,8-14H2,1-7H3. The van der Waals surface area contributed by atoms with Gasteiger partial charge in [-0.15, -0.1) is 11.3 Å². The molecule has 0 radical (unpaired) electrons. The molecule has 1 heterocycles. The summed E-state index contributed by atoms with van der Waals surface area (Å²) < 4.78 is 1.33. The van der Waals surface area contributed by atoms with E-state index in [4.69, 9.17) is 0 Å². The Kier molecular flexibility index (Phi) is 6.82. The second-order valence-corrected chi connectivity index (χ2v) is 11.0. The van der Waals surface area contributed by atoms with E-state index in [1.165, 1.54) is 59.9 Å². The summed E-state index contributed by atoms with van der Waals surface area (Å²) in [6.45, 7) is 15.4. The van der Waals surface area contributed by atoms with Crippen molar-refractivity contribution in [2.24, 2.45) is 0 Å². The summed E-state index contributed by atoms with van der Waals surface area (Å²) in [7, 11) is 0. The Hall–Kier alpha value is -1.02. The lowest BCUT2D eigenvalue weighted by atomic mass is 9.78. The van der Waals surface area contributed by atoms with Crippen molar-refractivity contribution in [3.63, 3.8) is 0 Å². The summed E-state index contributed by atoms with van der Waals surface area (Å²) in [6.07, 6.45) is 9.19. The van der Waals surface area contributed by atoms with E-state index in [-0.39, 0.29) is 10.8 Å². The molecule has 0 aliphatic carbocycles. The highest BCUT2D eigenvalue weighted by atomic mass is 32.1. The molecule has 26 heavy (non-hydrogen) atoms. The fraction of sp³-hybridized carbons (Fsp3) is 0.667. The van der Waals surface area contributed by atoms with E-state index < -0.39 is 0 Å². The Morgan fingerprint density at radius 1 is 0.846 bits per heavy atom. The van der Waals surface area contributed by atoms with Gasteiger partial charge >= 0.3 is 0 Å². The Labute approximate surface area is 164 Å². The van der Waals surface area contributed by atoms with E-state index in [2.05, 4.69) is 60.6 Å². The maximum Gasteiger partial charge on any atom is 0.123 e. The zero-order valence-electron chi connectivity index (χ0n) is 18.0. The number of unbranched alkanes of at least 4 members (excludes halogenated alkanes) is 5. The smallest absolute Gasteiger partial charge is 0.123 e. The van der Waals surface area contributed by atoms with E-state index in [1.54, 1.807) is 0 Å². The van der Waals surface area contributed by atoms with Crippen LogP contribution in [0.3, 0.4) is 0 Å². The molecule has 2 heteroatoms. The van der Waals surface area contributed by atoms with Crippen LogP contribution in [-0.2, 0) is 17.3 Å². The second kappa shape index (κ2) is 8.33. The Bertz CT molecular complexity index is 725. The zero-order chi connectivity index (χ0) is 19.5. The molecular formula is C24H38OS. The predicted molar refractivity (Wildman–Crippen MR) is 118 cm³/mol. The van der Waals surface area contributed by atoms with Crippen molar-refractivity contribution in [1.29, 1.82) is 0 Å². The van der Waals surface area contributed by atoms with Gasteiger partial charge in [-0.05, 0) is 35.8 Å². The quantitative estimate of drug-likeness (QED) is 0.485. The molecule has 1 N–H and O–H groups in total. The molecule has 1 aromatic carbocycles. The van der Waals surface area contributed by atoms with E-state index in [9.17, 15) is 5.11 Å². The van der Waals surface area contributed by atoms with Gasteiger partial charge in [0.25, 0.3) is 0 Å². The van der Waals surface area contributed by atoms with Crippen LogP contribution in [0.5, 0.6) is 5.75 Å². The van der Waals surface area contributed by atoms with Crippen LogP contribution >= 0.6 is 11.3 Å². The van der Waals surface area contributed by atoms with Gasteiger partial charge in [0.1, 0.15) is 5.75 Å². The molecule has 0 aliphatic heterocycles. The Balaban J connectivity index is 2.32. The third-order valence-corrected chi connectivity index (χ3v) is 6.33. The summed E-state index contributed by atoms with van der Waals surface area (Å²) in [6, 6.07) is 4.58. The van der Waals surface area contributed by atoms with Gasteiger partial charge in [-0.2, -0.15) is 0 Å². The number of benzene rings is 1. The molecule has 0 saturated heterocycles.